The van der Waals surface area contributed by atoms with Gasteiger partial charge in [-0.1, -0.05) is 18.2 Å². The van der Waals surface area contributed by atoms with Crippen LogP contribution in [0.2, 0.25) is 0 Å². The molecule has 20 heavy (non-hydrogen) atoms. The molecule has 5 heteroatoms. The number of Topliss-reactive ketones (excluding diaryl/α,β-unsaturated/α-hetero) is 2. The Bertz CT molecular complexity index is 565. The number of para-hydroxylation sites is 1. The number of carbonyl (C=O) groups is 4. The molecule has 1 atom stereocenters. The molecule has 0 saturated carbocycles. The fourth-order valence-corrected chi connectivity index (χ4v) is 2.62. The number of rotatable bonds is 4. The zero-order chi connectivity index (χ0) is 14.9. The minimum Gasteiger partial charge on any atom is -0.299 e. The lowest BCUT2D eigenvalue weighted by molar-refractivity contribution is -0.137. The molecule has 2 rings (SSSR count). The van der Waals surface area contributed by atoms with Crippen molar-refractivity contribution in [1.82, 2.24) is 0 Å². The summed E-state index contributed by atoms with van der Waals surface area (Å²) in [5, 5.41) is 0. The van der Waals surface area contributed by atoms with Gasteiger partial charge >= 0.3 is 0 Å². The van der Waals surface area contributed by atoms with Gasteiger partial charge in [0.25, 0.3) is 0 Å². The van der Waals surface area contributed by atoms with Gasteiger partial charge in [-0.25, -0.2) is 0 Å². The van der Waals surface area contributed by atoms with Gasteiger partial charge in [0.1, 0.15) is 11.6 Å². The van der Waals surface area contributed by atoms with Crippen molar-refractivity contribution in [2.45, 2.75) is 20.3 Å². The molecule has 1 heterocycles. The summed E-state index contributed by atoms with van der Waals surface area (Å²) >= 11 is 0. The van der Waals surface area contributed by atoms with Crippen molar-refractivity contribution in [3.8, 4) is 0 Å². The van der Waals surface area contributed by atoms with Crippen LogP contribution in [-0.2, 0) is 19.2 Å². The van der Waals surface area contributed by atoms with E-state index in [0.717, 1.165) is 4.90 Å². The van der Waals surface area contributed by atoms with Gasteiger partial charge in [0.2, 0.25) is 11.8 Å². The summed E-state index contributed by atoms with van der Waals surface area (Å²) in [4.78, 5) is 48.6. The lowest BCUT2D eigenvalue weighted by atomic mass is 9.85. The summed E-state index contributed by atoms with van der Waals surface area (Å²) in [5.74, 6) is -3.51. The molecule has 1 aliphatic heterocycles. The molecule has 5 nitrogen and oxygen atoms in total. The number of amides is 2. The molecule has 0 spiro atoms. The fraction of sp³-hybridized carbons (Fsp3) is 0.333. The van der Waals surface area contributed by atoms with Crippen LogP contribution < -0.4 is 4.90 Å². The quantitative estimate of drug-likeness (QED) is 0.613. The number of ketones is 2. The van der Waals surface area contributed by atoms with E-state index in [4.69, 9.17) is 0 Å². The molecule has 0 bridgehead atoms. The molecule has 1 fully saturated rings. The number of nitrogens with zero attached hydrogens (tertiary/aromatic N) is 1. The molecule has 104 valence electrons. The van der Waals surface area contributed by atoms with Gasteiger partial charge in [-0.3, -0.25) is 24.1 Å². The van der Waals surface area contributed by atoms with Crippen molar-refractivity contribution in [3.63, 3.8) is 0 Å². The fourth-order valence-electron chi connectivity index (χ4n) is 2.62. The van der Waals surface area contributed by atoms with Crippen LogP contribution in [0.3, 0.4) is 0 Å². The number of imide groups is 1. The monoisotopic (exact) mass is 273 g/mol. The van der Waals surface area contributed by atoms with E-state index in [1.165, 1.54) is 13.8 Å². The first-order valence-corrected chi connectivity index (χ1v) is 6.36. The predicted octanol–water partition coefficient (Wildman–Crippen LogP) is 1.36. The van der Waals surface area contributed by atoms with E-state index in [0.29, 0.717) is 5.69 Å². The van der Waals surface area contributed by atoms with Gasteiger partial charge in [0.15, 0.2) is 0 Å². The third-order valence-electron chi connectivity index (χ3n) is 3.47. The highest BCUT2D eigenvalue weighted by atomic mass is 16.2. The van der Waals surface area contributed by atoms with Crippen LogP contribution in [0.4, 0.5) is 5.69 Å². The summed E-state index contributed by atoms with van der Waals surface area (Å²) in [6.45, 7) is 2.55. The van der Waals surface area contributed by atoms with E-state index in [2.05, 4.69) is 0 Å². The Kier molecular flexibility index (Phi) is 3.79. The SMILES string of the molecule is CC(=O)C(C(C)=O)[C@H]1CC(=O)N(c2ccccc2)C1=O. The number of anilines is 1. The third-order valence-corrected chi connectivity index (χ3v) is 3.47. The average molecular weight is 273 g/mol. The normalized spacial score (nSPS) is 18.8. The highest BCUT2D eigenvalue weighted by molar-refractivity contribution is 6.23. The van der Waals surface area contributed by atoms with E-state index in [1.807, 2.05) is 0 Å². The Balaban J connectivity index is 2.34. The Labute approximate surface area is 116 Å². The van der Waals surface area contributed by atoms with Crippen LogP contribution in [0.5, 0.6) is 0 Å². The van der Waals surface area contributed by atoms with Gasteiger partial charge in [-0.15, -0.1) is 0 Å². The molecular weight excluding hydrogens is 258 g/mol. The maximum atomic E-state index is 12.4. The average Bonchev–Trinajstić information content (AvgIpc) is 2.65. The van der Waals surface area contributed by atoms with Gasteiger partial charge < -0.3 is 0 Å². The molecule has 1 aliphatic rings. The Morgan fingerprint density at radius 1 is 1.10 bits per heavy atom. The second kappa shape index (κ2) is 5.36. The Hall–Kier alpha value is -2.30. The minimum atomic E-state index is -1.03. The summed E-state index contributed by atoms with van der Waals surface area (Å²) in [6, 6.07) is 8.51. The van der Waals surface area contributed by atoms with Crippen molar-refractivity contribution in [3.05, 3.63) is 30.3 Å². The van der Waals surface area contributed by atoms with Gasteiger partial charge in [-0.05, 0) is 26.0 Å². The van der Waals surface area contributed by atoms with Gasteiger partial charge in [-0.2, -0.15) is 0 Å². The van der Waals surface area contributed by atoms with E-state index in [1.54, 1.807) is 30.3 Å². The first-order chi connectivity index (χ1) is 9.43. The molecule has 0 N–H and O–H groups in total. The smallest absolute Gasteiger partial charge is 0.238 e. The molecule has 0 aromatic heterocycles. The maximum Gasteiger partial charge on any atom is 0.238 e. The van der Waals surface area contributed by atoms with Crippen LogP contribution in [0.25, 0.3) is 0 Å². The second-order valence-electron chi connectivity index (χ2n) is 4.91. The molecule has 0 unspecified atom stereocenters. The van der Waals surface area contributed by atoms with Crippen molar-refractivity contribution < 1.29 is 19.2 Å². The summed E-state index contributed by atoms with van der Waals surface area (Å²) < 4.78 is 0. The lowest BCUT2D eigenvalue weighted by Gasteiger charge is -2.18. The van der Waals surface area contributed by atoms with Gasteiger partial charge in [0.05, 0.1) is 17.5 Å². The number of hydrogen-bond acceptors (Lipinski definition) is 4. The van der Waals surface area contributed by atoms with Crippen molar-refractivity contribution in [2.24, 2.45) is 11.8 Å². The van der Waals surface area contributed by atoms with Crippen LogP contribution in [-0.4, -0.2) is 23.4 Å². The van der Waals surface area contributed by atoms with Crippen molar-refractivity contribution in [1.29, 1.82) is 0 Å². The standard InChI is InChI=1S/C15H15NO4/c1-9(17)14(10(2)18)12-8-13(19)16(15(12)20)11-6-4-3-5-7-11/h3-7,12,14H,8H2,1-2H3/t12-/m1/s1. The van der Waals surface area contributed by atoms with E-state index in [9.17, 15) is 19.2 Å². The zero-order valence-corrected chi connectivity index (χ0v) is 11.3. The van der Waals surface area contributed by atoms with Gasteiger partial charge in [0, 0.05) is 6.42 Å². The van der Waals surface area contributed by atoms with Crippen LogP contribution >= 0.6 is 0 Å². The highest BCUT2D eigenvalue weighted by Crippen LogP contribution is 2.31. The first-order valence-electron chi connectivity index (χ1n) is 6.36. The molecule has 1 aromatic rings. The Morgan fingerprint density at radius 2 is 1.65 bits per heavy atom. The largest absolute Gasteiger partial charge is 0.299 e. The number of benzene rings is 1. The molecule has 1 saturated heterocycles. The predicted molar refractivity (Wildman–Crippen MR) is 71.9 cm³/mol. The maximum absolute atomic E-state index is 12.4. The minimum absolute atomic E-state index is 0.0996. The van der Waals surface area contributed by atoms with Crippen LogP contribution in [0.15, 0.2) is 30.3 Å². The number of hydrogen-bond donors (Lipinski definition) is 0. The molecule has 2 amide bonds. The van der Waals surface area contributed by atoms with Crippen molar-refractivity contribution >= 4 is 29.1 Å². The molecule has 0 radical (unpaired) electrons. The molecular formula is C15H15NO4. The summed E-state index contributed by atoms with van der Waals surface area (Å²) in [6.07, 6.45) is -0.0996. The van der Waals surface area contributed by atoms with E-state index < -0.39 is 17.7 Å². The molecule has 0 aliphatic carbocycles. The van der Waals surface area contributed by atoms with Crippen LogP contribution in [0, 0.1) is 11.8 Å². The zero-order valence-electron chi connectivity index (χ0n) is 11.3. The van der Waals surface area contributed by atoms with E-state index in [-0.39, 0.29) is 23.9 Å². The highest BCUT2D eigenvalue weighted by Gasteiger charge is 2.46. The molecule has 1 aromatic carbocycles. The first kappa shape index (κ1) is 14.1. The van der Waals surface area contributed by atoms with Crippen molar-refractivity contribution in [2.75, 3.05) is 4.90 Å². The van der Waals surface area contributed by atoms with Crippen LogP contribution in [0.1, 0.15) is 20.3 Å². The summed E-state index contributed by atoms with van der Waals surface area (Å²) in [5.41, 5.74) is 0.468. The Morgan fingerprint density at radius 3 is 2.15 bits per heavy atom. The summed E-state index contributed by atoms with van der Waals surface area (Å²) in [7, 11) is 0. The topological polar surface area (TPSA) is 71.5 Å². The third kappa shape index (κ3) is 2.39. The lowest BCUT2D eigenvalue weighted by Crippen LogP contribution is -2.36. The second-order valence-corrected chi connectivity index (χ2v) is 4.91. The van der Waals surface area contributed by atoms with E-state index >= 15 is 0 Å². The number of carbonyl (C=O) groups excluding carboxylic acids is 4.